The van der Waals surface area contributed by atoms with Crippen molar-refractivity contribution in [1.82, 2.24) is 9.80 Å². The maximum Gasteiger partial charge on any atom is 0.227 e. The third-order valence-electron chi connectivity index (χ3n) is 5.75. The van der Waals surface area contributed by atoms with Crippen molar-refractivity contribution in [1.29, 1.82) is 0 Å². The van der Waals surface area contributed by atoms with E-state index in [4.69, 9.17) is 0 Å². The summed E-state index contributed by atoms with van der Waals surface area (Å²) in [5.41, 5.74) is 3.19. The number of nitrogens with one attached hydrogen (secondary N) is 1. The van der Waals surface area contributed by atoms with E-state index in [2.05, 4.69) is 23.3 Å². The van der Waals surface area contributed by atoms with Gasteiger partial charge in [-0.3, -0.25) is 9.59 Å². The number of piperazine rings is 1. The number of amides is 2. The molecule has 26 heavy (non-hydrogen) atoms. The first-order valence-corrected chi connectivity index (χ1v) is 9.79. The lowest BCUT2D eigenvalue weighted by Gasteiger charge is -2.36. The van der Waals surface area contributed by atoms with E-state index in [0.29, 0.717) is 5.91 Å². The van der Waals surface area contributed by atoms with Crippen LogP contribution in [0.2, 0.25) is 0 Å². The molecular weight excluding hydrogens is 326 g/mol. The quantitative estimate of drug-likeness (QED) is 0.905. The first kappa shape index (κ1) is 18.9. The van der Waals surface area contributed by atoms with Crippen molar-refractivity contribution < 1.29 is 9.59 Å². The molecule has 1 saturated carbocycles. The van der Waals surface area contributed by atoms with Gasteiger partial charge in [0.1, 0.15) is 0 Å². The molecule has 0 spiro atoms. The van der Waals surface area contributed by atoms with Crippen molar-refractivity contribution >= 4 is 17.5 Å². The monoisotopic (exact) mass is 357 g/mol. The summed E-state index contributed by atoms with van der Waals surface area (Å²) >= 11 is 0. The predicted octanol–water partition coefficient (Wildman–Crippen LogP) is 2.82. The van der Waals surface area contributed by atoms with E-state index in [9.17, 15) is 9.59 Å². The third kappa shape index (κ3) is 4.64. The summed E-state index contributed by atoms with van der Waals surface area (Å²) in [6.45, 7) is 7.67. The van der Waals surface area contributed by atoms with Crippen LogP contribution in [0.3, 0.4) is 0 Å². The Morgan fingerprint density at radius 3 is 2.00 bits per heavy atom. The van der Waals surface area contributed by atoms with Crippen LogP contribution in [0.1, 0.15) is 36.8 Å². The zero-order valence-corrected chi connectivity index (χ0v) is 16.3. The Labute approximate surface area is 156 Å². The summed E-state index contributed by atoms with van der Waals surface area (Å²) in [6.07, 6.45) is 3.27. The molecule has 1 aromatic carbocycles. The van der Waals surface area contributed by atoms with E-state index in [-0.39, 0.29) is 17.7 Å². The average Bonchev–Trinajstić information content (AvgIpc) is 2.61. The minimum Gasteiger partial charge on any atom is -0.340 e. The Morgan fingerprint density at radius 1 is 0.885 bits per heavy atom. The Balaban J connectivity index is 1.50. The summed E-state index contributed by atoms with van der Waals surface area (Å²) in [7, 11) is 2.10. The van der Waals surface area contributed by atoms with E-state index in [1.54, 1.807) is 0 Å². The molecule has 1 saturated heterocycles. The van der Waals surface area contributed by atoms with Crippen molar-refractivity contribution in [2.45, 2.75) is 39.5 Å². The van der Waals surface area contributed by atoms with Crippen molar-refractivity contribution in [3.05, 3.63) is 29.3 Å². The number of aryl methyl sites for hydroxylation is 2. The lowest BCUT2D eigenvalue weighted by Crippen LogP contribution is -2.49. The van der Waals surface area contributed by atoms with Crippen LogP contribution >= 0.6 is 0 Å². The summed E-state index contributed by atoms with van der Waals surface area (Å²) in [5.74, 6) is 0.516. The summed E-state index contributed by atoms with van der Waals surface area (Å²) < 4.78 is 0. The minimum absolute atomic E-state index is 0.0207. The molecule has 5 nitrogen and oxygen atoms in total. The van der Waals surface area contributed by atoms with Crippen LogP contribution in [-0.4, -0.2) is 54.8 Å². The highest BCUT2D eigenvalue weighted by atomic mass is 16.2. The number of nitrogens with zero attached hydrogens (tertiary/aromatic N) is 2. The zero-order chi connectivity index (χ0) is 18.7. The molecule has 0 bridgehead atoms. The molecule has 142 valence electrons. The number of hydrogen-bond donors (Lipinski definition) is 1. The highest BCUT2D eigenvalue weighted by molar-refractivity contribution is 5.93. The summed E-state index contributed by atoms with van der Waals surface area (Å²) in [6, 6.07) is 6.12. The molecule has 0 atom stereocenters. The first-order valence-electron chi connectivity index (χ1n) is 9.79. The SMILES string of the molecule is Cc1cc(C)cc(NC(=O)C2CCC(C(=O)N3CCN(C)CC3)CC2)c1. The van der Waals surface area contributed by atoms with Gasteiger partial charge < -0.3 is 15.1 Å². The Bertz CT molecular complexity index is 637. The Morgan fingerprint density at radius 2 is 1.42 bits per heavy atom. The maximum atomic E-state index is 12.7. The number of carbonyl (C=O) groups is 2. The summed E-state index contributed by atoms with van der Waals surface area (Å²) in [5, 5.41) is 3.07. The smallest absolute Gasteiger partial charge is 0.227 e. The molecule has 1 heterocycles. The predicted molar refractivity (Wildman–Crippen MR) is 104 cm³/mol. The van der Waals surface area contributed by atoms with Crippen molar-refractivity contribution in [3.8, 4) is 0 Å². The third-order valence-corrected chi connectivity index (χ3v) is 5.75. The zero-order valence-electron chi connectivity index (χ0n) is 16.3. The largest absolute Gasteiger partial charge is 0.340 e. The van der Waals surface area contributed by atoms with Crippen LogP contribution in [0.4, 0.5) is 5.69 Å². The number of hydrogen-bond acceptors (Lipinski definition) is 3. The van der Waals surface area contributed by atoms with E-state index in [1.807, 2.05) is 30.9 Å². The lowest BCUT2D eigenvalue weighted by atomic mass is 9.80. The molecule has 1 aromatic rings. The van der Waals surface area contributed by atoms with Gasteiger partial charge in [-0.2, -0.15) is 0 Å². The van der Waals surface area contributed by atoms with Gasteiger partial charge in [0, 0.05) is 43.7 Å². The van der Waals surface area contributed by atoms with Gasteiger partial charge in [0.2, 0.25) is 11.8 Å². The number of rotatable bonds is 3. The molecule has 5 heteroatoms. The van der Waals surface area contributed by atoms with E-state index in [0.717, 1.165) is 68.7 Å². The van der Waals surface area contributed by atoms with E-state index < -0.39 is 0 Å². The Kier molecular flexibility index (Phi) is 5.97. The van der Waals surface area contributed by atoms with Crippen molar-refractivity contribution in [2.75, 3.05) is 38.5 Å². The van der Waals surface area contributed by atoms with Crippen molar-refractivity contribution in [2.24, 2.45) is 11.8 Å². The molecule has 3 rings (SSSR count). The second-order valence-corrected chi connectivity index (χ2v) is 8.04. The van der Waals surface area contributed by atoms with Crippen LogP contribution in [0.5, 0.6) is 0 Å². The van der Waals surface area contributed by atoms with Gasteiger partial charge in [-0.25, -0.2) is 0 Å². The normalized spacial score (nSPS) is 24.3. The molecule has 1 aliphatic heterocycles. The molecular formula is C21H31N3O2. The average molecular weight is 357 g/mol. The van der Waals surface area contributed by atoms with Gasteiger partial charge in [-0.05, 0) is 69.8 Å². The maximum absolute atomic E-state index is 12.7. The molecule has 1 aliphatic carbocycles. The van der Waals surface area contributed by atoms with Gasteiger partial charge in [0.15, 0.2) is 0 Å². The molecule has 1 N–H and O–H groups in total. The number of benzene rings is 1. The molecule has 2 aliphatic rings. The lowest BCUT2D eigenvalue weighted by molar-refractivity contribution is -0.139. The van der Waals surface area contributed by atoms with Crippen LogP contribution < -0.4 is 5.32 Å². The van der Waals surface area contributed by atoms with Gasteiger partial charge in [-0.1, -0.05) is 6.07 Å². The topological polar surface area (TPSA) is 52.7 Å². The molecule has 2 amide bonds. The van der Waals surface area contributed by atoms with Crippen LogP contribution in [0, 0.1) is 25.7 Å². The van der Waals surface area contributed by atoms with Gasteiger partial charge in [-0.15, -0.1) is 0 Å². The standard InChI is InChI=1S/C21H31N3O2/c1-15-12-16(2)14-19(13-15)22-20(25)17-4-6-18(7-5-17)21(26)24-10-8-23(3)9-11-24/h12-14,17-18H,4-11H2,1-3H3,(H,22,25). The fraction of sp³-hybridized carbons (Fsp3) is 0.619. The second kappa shape index (κ2) is 8.21. The van der Waals surface area contributed by atoms with E-state index in [1.165, 1.54) is 0 Å². The van der Waals surface area contributed by atoms with Gasteiger partial charge in [0.25, 0.3) is 0 Å². The van der Waals surface area contributed by atoms with Crippen LogP contribution in [-0.2, 0) is 9.59 Å². The Hall–Kier alpha value is -1.88. The minimum atomic E-state index is 0.0207. The molecule has 0 aromatic heterocycles. The highest BCUT2D eigenvalue weighted by Crippen LogP contribution is 2.31. The van der Waals surface area contributed by atoms with Crippen molar-refractivity contribution in [3.63, 3.8) is 0 Å². The number of likely N-dealkylation sites (N-methyl/N-ethyl adjacent to an activating group) is 1. The van der Waals surface area contributed by atoms with Gasteiger partial charge >= 0.3 is 0 Å². The molecule has 0 radical (unpaired) electrons. The van der Waals surface area contributed by atoms with Crippen LogP contribution in [0.25, 0.3) is 0 Å². The highest BCUT2D eigenvalue weighted by Gasteiger charge is 2.33. The van der Waals surface area contributed by atoms with Crippen LogP contribution in [0.15, 0.2) is 18.2 Å². The number of anilines is 1. The molecule has 2 fully saturated rings. The molecule has 0 unspecified atom stereocenters. The first-order chi connectivity index (χ1) is 12.4. The number of carbonyl (C=O) groups excluding carboxylic acids is 2. The summed E-state index contributed by atoms with van der Waals surface area (Å²) in [4.78, 5) is 29.6. The van der Waals surface area contributed by atoms with E-state index >= 15 is 0 Å². The second-order valence-electron chi connectivity index (χ2n) is 8.04. The fourth-order valence-electron chi connectivity index (χ4n) is 4.18. The fourth-order valence-corrected chi connectivity index (χ4v) is 4.18. The van der Waals surface area contributed by atoms with Gasteiger partial charge in [0.05, 0.1) is 0 Å².